The second-order valence-electron chi connectivity index (χ2n) is 3.73. The predicted octanol–water partition coefficient (Wildman–Crippen LogP) is 1.18. The molecule has 0 aliphatic rings. The summed E-state index contributed by atoms with van der Waals surface area (Å²) < 4.78 is 0. The molecule has 0 fully saturated rings. The molecule has 0 bridgehead atoms. The lowest BCUT2D eigenvalue weighted by molar-refractivity contribution is 0.0696. The van der Waals surface area contributed by atoms with Crippen LogP contribution in [0.5, 0.6) is 0 Å². The Kier molecular flexibility index (Phi) is 3.88. The number of nitrogens with one attached hydrogen (secondary N) is 1. The van der Waals surface area contributed by atoms with Crippen molar-refractivity contribution in [1.82, 2.24) is 4.90 Å². The van der Waals surface area contributed by atoms with E-state index < -0.39 is 18.0 Å². The lowest BCUT2D eigenvalue weighted by Gasteiger charge is -2.12. The molecule has 3 N–H and O–H groups in total. The van der Waals surface area contributed by atoms with Gasteiger partial charge in [0.25, 0.3) is 0 Å². The molecule has 96 valence electrons. The molecule has 0 saturated heterocycles. The van der Waals surface area contributed by atoms with Gasteiger partial charge in [0.2, 0.25) is 0 Å². The number of nitrogens with zero attached hydrogens (tertiary/aromatic N) is 1. The Morgan fingerprint density at radius 3 is 1.78 bits per heavy atom. The lowest BCUT2D eigenvalue weighted by Crippen LogP contribution is -2.27. The molecule has 1 aromatic carbocycles. The first kappa shape index (κ1) is 13.5. The van der Waals surface area contributed by atoms with E-state index in [9.17, 15) is 14.4 Å². The van der Waals surface area contributed by atoms with Crippen LogP contribution < -0.4 is 5.32 Å². The van der Waals surface area contributed by atoms with Gasteiger partial charge in [-0.1, -0.05) is 0 Å². The topological polar surface area (TPSA) is 107 Å². The fourth-order valence-corrected chi connectivity index (χ4v) is 1.18. The molecule has 1 rings (SSSR count). The largest absolute Gasteiger partial charge is 0.478 e. The van der Waals surface area contributed by atoms with Gasteiger partial charge in [0.05, 0.1) is 11.1 Å². The number of carbonyl (C=O) groups excluding carboxylic acids is 1. The monoisotopic (exact) mass is 252 g/mol. The summed E-state index contributed by atoms with van der Waals surface area (Å²) in [4.78, 5) is 34.3. The molecule has 7 nitrogen and oxygen atoms in total. The number of hydrogen-bond donors (Lipinski definition) is 3. The minimum Gasteiger partial charge on any atom is -0.478 e. The molecule has 0 spiro atoms. The second kappa shape index (κ2) is 5.17. The fourth-order valence-electron chi connectivity index (χ4n) is 1.18. The van der Waals surface area contributed by atoms with E-state index in [1.54, 1.807) is 0 Å². The number of aromatic carboxylic acids is 2. The van der Waals surface area contributed by atoms with Crippen molar-refractivity contribution in [3.05, 3.63) is 29.3 Å². The Bertz CT molecular complexity index is 478. The predicted molar refractivity (Wildman–Crippen MR) is 63.1 cm³/mol. The number of anilines is 1. The van der Waals surface area contributed by atoms with Gasteiger partial charge in [0.15, 0.2) is 0 Å². The summed E-state index contributed by atoms with van der Waals surface area (Å²) in [6.07, 6.45) is 0. The molecule has 7 heteroatoms. The molecule has 0 atom stereocenters. The molecular weight excluding hydrogens is 240 g/mol. The fraction of sp³-hybridized carbons (Fsp3) is 0.182. The summed E-state index contributed by atoms with van der Waals surface area (Å²) in [7, 11) is 3.02. The third-order valence-corrected chi connectivity index (χ3v) is 2.08. The first-order chi connectivity index (χ1) is 8.31. The van der Waals surface area contributed by atoms with E-state index in [1.165, 1.54) is 31.1 Å². The summed E-state index contributed by atoms with van der Waals surface area (Å²) in [5.74, 6) is -2.53. The Hall–Kier alpha value is -2.57. The van der Waals surface area contributed by atoms with Gasteiger partial charge in [-0.15, -0.1) is 0 Å². The molecule has 18 heavy (non-hydrogen) atoms. The first-order valence-corrected chi connectivity index (χ1v) is 4.91. The number of carboxylic acid groups (broad SMARTS) is 2. The molecule has 0 aromatic heterocycles. The van der Waals surface area contributed by atoms with Gasteiger partial charge in [-0.25, -0.2) is 14.4 Å². The standard InChI is InChI=1S/C11H12N2O5/c1-13(2)11(18)12-8-4-6(9(14)15)3-7(5-8)10(16)17/h3-5H,1-2H3,(H,12,18)(H,14,15)(H,16,17). The third kappa shape index (κ3) is 3.21. The number of amides is 2. The number of carboxylic acids is 2. The van der Waals surface area contributed by atoms with E-state index in [0.29, 0.717) is 0 Å². The van der Waals surface area contributed by atoms with E-state index in [1.807, 2.05) is 0 Å². The maximum Gasteiger partial charge on any atom is 0.335 e. The smallest absolute Gasteiger partial charge is 0.335 e. The van der Waals surface area contributed by atoms with Crippen LogP contribution in [0.1, 0.15) is 20.7 Å². The zero-order valence-electron chi connectivity index (χ0n) is 9.80. The highest BCUT2D eigenvalue weighted by molar-refractivity contribution is 5.98. The van der Waals surface area contributed by atoms with Crippen LogP contribution in [0.25, 0.3) is 0 Å². The lowest BCUT2D eigenvalue weighted by atomic mass is 10.1. The zero-order chi connectivity index (χ0) is 13.9. The van der Waals surface area contributed by atoms with Crippen molar-refractivity contribution in [2.24, 2.45) is 0 Å². The quantitative estimate of drug-likeness (QED) is 0.748. The maximum absolute atomic E-state index is 11.4. The van der Waals surface area contributed by atoms with E-state index in [-0.39, 0.29) is 16.8 Å². The summed E-state index contributed by atoms with van der Waals surface area (Å²) in [5, 5.41) is 20.1. The number of rotatable bonds is 3. The van der Waals surface area contributed by atoms with Crippen LogP contribution in [0, 0.1) is 0 Å². The van der Waals surface area contributed by atoms with E-state index >= 15 is 0 Å². The molecule has 0 saturated carbocycles. The van der Waals surface area contributed by atoms with Gasteiger partial charge < -0.3 is 20.4 Å². The summed E-state index contributed by atoms with van der Waals surface area (Å²) >= 11 is 0. The normalized spacial score (nSPS) is 9.67. The Morgan fingerprint density at radius 2 is 1.44 bits per heavy atom. The summed E-state index contributed by atoms with van der Waals surface area (Å²) in [5.41, 5.74) is -0.293. The van der Waals surface area contributed by atoms with Crippen LogP contribution in [0.15, 0.2) is 18.2 Å². The van der Waals surface area contributed by atoms with E-state index in [2.05, 4.69) is 5.32 Å². The highest BCUT2D eigenvalue weighted by atomic mass is 16.4. The van der Waals surface area contributed by atoms with Gasteiger partial charge in [-0.2, -0.15) is 0 Å². The number of carbonyl (C=O) groups is 3. The van der Waals surface area contributed by atoms with Crippen molar-refractivity contribution in [3.8, 4) is 0 Å². The SMILES string of the molecule is CN(C)C(=O)Nc1cc(C(=O)O)cc(C(=O)O)c1. The van der Waals surface area contributed by atoms with Crippen molar-refractivity contribution in [2.75, 3.05) is 19.4 Å². The molecule has 0 aliphatic heterocycles. The maximum atomic E-state index is 11.4. The van der Waals surface area contributed by atoms with Gasteiger partial charge in [-0.3, -0.25) is 0 Å². The van der Waals surface area contributed by atoms with E-state index in [0.717, 1.165) is 6.07 Å². The van der Waals surface area contributed by atoms with Gasteiger partial charge in [0.1, 0.15) is 0 Å². The average molecular weight is 252 g/mol. The van der Waals surface area contributed by atoms with Gasteiger partial charge in [-0.05, 0) is 18.2 Å². The Labute approximate surface area is 103 Å². The van der Waals surface area contributed by atoms with Gasteiger partial charge >= 0.3 is 18.0 Å². The molecule has 0 heterocycles. The third-order valence-electron chi connectivity index (χ3n) is 2.08. The molecular formula is C11H12N2O5. The van der Waals surface area contributed by atoms with Crippen molar-refractivity contribution >= 4 is 23.7 Å². The van der Waals surface area contributed by atoms with Crippen LogP contribution in [-0.4, -0.2) is 47.2 Å². The van der Waals surface area contributed by atoms with Crippen molar-refractivity contribution in [2.45, 2.75) is 0 Å². The molecule has 0 aliphatic carbocycles. The Balaban J connectivity index is 3.15. The first-order valence-electron chi connectivity index (χ1n) is 4.91. The van der Waals surface area contributed by atoms with Crippen LogP contribution in [-0.2, 0) is 0 Å². The highest BCUT2D eigenvalue weighted by Gasteiger charge is 2.13. The van der Waals surface area contributed by atoms with Crippen molar-refractivity contribution in [1.29, 1.82) is 0 Å². The number of benzene rings is 1. The van der Waals surface area contributed by atoms with Crippen molar-refractivity contribution < 1.29 is 24.6 Å². The highest BCUT2D eigenvalue weighted by Crippen LogP contribution is 2.16. The summed E-state index contributed by atoms with van der Waals surface area (Å²) in [6.45, 7) is 0. The molecule has 0 radical (unpaired) electrons. The van der Waals surface area contributed by atoms with E-state index in [4.69, 9.17) is 10.2 Å². The van der Waals surface area contributed by atoms with Crippen molar-refractivity contribution in [3.63, 3.8) is 0 Å². The molecule has 1 aromatic rings. The zero-order valence-corrected chi connectivity index (χ0v) is 9.80. The summed E-state index contributed by atoms with van der Waals surface area (Å²) in [6, 6.07) is 2.93. The minimum atomic E-state index is -1.27. The Morgan fingerprint density at radius 1 is 1.00 bits per heavy atom. The van der Waals surface area contributed by atoms with Gasteiger partial charge in [0, 0.05) is 19.8 Å². The van der Waals surface area contributed by atoms with Crippen LogP contribution in [0.4, 0.5) is 10.5 Å². The van der Waals surface area contributed by atoms with Crippen LogP contribution in [0.3, 0.4) is 0 Å². The molecule has 0 unspecified atom stereocenters. The average Bonchev–Trinajstić information content (AvgIpc) is 2.28. The molecule has 2 amide bonds. The van der Waals surface area contributed by atoms with Crippen LogP contribution in [0.2, 0.25) is 0 Å². The minimum absolute atomic E-state index is 0.117. The van der Waals surface area contributed by atoms with Crippen LogP contribution >= 0.6 is 0 Å². The number of hydrogen-bond acceptors (Lipinski definition) is 3. The second-order valence-corrected chi connectivity index (χ2v) is 3.73. The number of urea groups is 1.